The Labute approximate surface area is 184 Å². The molecule has 4 rings (SSSR count). The van der Waals surface area contributed by atoms with Crippen LogP contribution in [0.25, 0.3) is 11.5 Å². The molecule has 162 valence electrons. The first-order chi connectivity index (χ1) is 15.2. The number of nitrogens with zero attached hydrogens (tertiary/aromatic N) is 2. The van der Waals surface area contributed by atoms with Crippen LogP contribution in [0.15, 0.2) is 45.5 Å². The van der Waals surface area contributed by atoms with Crippen LogP contribution in [0.2, 0.25) is 0 Å². The monoisotopic (exact) mass is 440 g/mol. The van der Waals surface area contributed by atoms with Crippen LogP contribution in [0.1, 0.15) is 30.7 Å². The van der Waals surface area contributed by atoms with Crippen molar-refractivity contribution in [2.75, 3.05) is 13.2 Å². The van der Waals surface area contributed by atoms with Gasteiger partial charge in [-0.05, 0) is 48.4 Å². The Morgan fingerprint density at radius 3 is 2.68 bits per heavy atom. The van der Waals surface area contributed by atoms with Crippen LogP contribution in [0.3, 0.4) is 0 Å². The predicted molar refractivity (Wildman–Crippen MR) is 116 cm³/mol. The zero-order chi connectivity index (χ0) is 21.5. The highest BCUT2D eigenvalue weighted by Crippen LogP contribution is 2.21. The predicted octanol–water partition coefficient (Wildman–Crippen LogP) is 2.75. The summed E-state index contributed by atoms with van der Waals surface area (Å²) in [6, 6.07) is 9.79. The lowest BCUT2D eigenvalue weighted by molar-refractivity contribution is -0.123. The number of thiophene rings is 1. The smallest absolute Gasteiger partial charge is 0.258 e. The Balaban J connectivity index is 1.12. The van der Waals surface area contributed by atoms with Gasteiger partial charge < -0.3 is 19.8 Å². The Morgan fingerprint density at radius 1 is 1.10 bits per heavy atom. The van der Waals surface area contributed by atoms with Crippen molar-refractivity contribution >= 4 is 23.2 Å². The molecule has 2 aromatic heterocycles. The molecular formula is C22H24N4O4S. The van der Waals surface area contributed by atoms with Gasteiger partial charge in [0.1, 0.15) is 5.75 Å². The Bertz CT molecular complexity index is 997. The van der Waals surface area contributed by atoms with Crippen LogP contribution >= 0.6 is 11.3 Å². The maximum atomic E-state index is 12.1. The molecule has 2 heterocycles. The molecule has 0 radical (unpaired) electrons. The first kappa shape index (κ1) is 21.0. The van der Waals surface area contributed by atoms with E-state index in [1.165, 1.54) is 0 Å². The number of nitrogens with one attached hydrogen (secondary N) is 2. The van der Waals surface area contributed by atoms with Gasteiger partial charge in [-0.15, -0.1) is 10.2 Å². The molecule has 0 saturated heterocycles. The van der Waals surface area contributed by atoms with Crippen LogP contribution in [0.4, 0.5) is 0 Å². The first-order valence-electron chi connectivity index (χ1n) is 10.3. The molecule has 31 heavy (non-hydrogen) atoms. The molecule has 2 N–H and O–H groups in total. The summed E-state index contributed by atoms with van der Waals surface area (Å²) in [6.45, 7) is 0.563. The van der Waals surface area contributed by atoms with Crippen LogP contribution in [-0.4, -0.2) is 41.2 Å². The Kier molecular flexibility index (Phi) is 6.93. The number of rotatable bonds is 11. The van der Waals surface area contributed by atoms with Crippen LogP contribution in [0.5, 0.6) is 5.75 Å². The molecular weight excluding hydrogens is 416 g/mol. The summed E-state index contributed by atoms with van der Waals surface area (Å²) in [7, 11) is 0. The van der Waals surface area contributed by atoms with Gasteiger partial charge in [0.15, 0.2) is 6.61 Å². The van der Waals surface area contributed by atoms with Crippen molar-refractivity contribution in [1.82, 2.24) is 20.8 Å². The van der Waals surface area contributed by atoms with Gasteiger partial charge in [0, 0.05) is 36.4 Å². The first-order valence-corrected chi connectivity index (χ1v) is 11.2. The van der Waals surface area contributed by atoms with Gasteiger partial charge in [0.05, 0.1) is 0 Å². The quantitative estimate of drug-likeness (QED) is 0.475. The van der Waals surface area contributed by atoms with Crippen LogP contribution in [0, 0.1) is 0 Å². The molecule has 1 fully saturated rings. The van der Waals surface area contributed by atoms with E-state index in [9.17, 15) is 9.59 Å². The molecule has 8 nitrogen and oxygen atoms in total. The molecule has 0 unspecified atom stereocenters. The van der Waals surface area contributed by atoms with Crippen molar-refractivity contribution in [3.8, 4) is 17.2 Å². The summed E-state index contributed by atoms with van der Waals surface area (Å²) in [5.41, 5.74) is 1.97. The summed E-state index contributed by atoms with van der Waals surface area (Å²) in [4.78, 5) is 23.7. The SMILES string of the molecule is O=C(CCc1nnc(-c2ccsc2)o1)NCCc1ccc(OCC(=O)NC2CC2)cc1. The molecule has 1 aliphatic rings. The third-order valence-corrected chi connectivity index (χ3v) is 5.46. The summed E-state index contributed by atoms with van der Waals surface area (Å²) in [5.74, 6) is 1.44. The number of hydrogen-bond acceptors (Lipinski definition) is 7. The third kappa shape index (κ3) is 6.65. The second-order valence-corrected chi connectivity index (χ2v) is 8.17. The fourth-order valence-corrected chi connectivity index (χ4v) is 3.54. The van der Waals surface area contributed by atoms with E-state index >= 15 is 0 Å². The van der Waals surface area contributed by atoms with E-state index in [2.05, 4.69) is 20.8 Å². The van der Waals surface area contributed by atoms with Crippen molar-refractivity contribution in [2.24, 2.45) is 0 Å². The van der Waals surface area contributed by atoms with Gasteiger partial charge in [-0.2, -0.15) is 11.3 Å². The normalized spacial score (nSPS) is 13.0. The third-order valence-electron chi connectivity index (χ3n) is 4.77. The van der Waals surface area contributed by atoms with E-state index < -0.39 is 0 Å². The van der Waals surface area contributed by atoms with Gasteiger partial charge in [-0.1, -0.05) is 12.1 Å². The molecule has 0 atom stereocenters. The molecule has 1 aromatic carbocycles. The zero-order valence-corrected chi connectivity index (χ0v) is 17.8. The number of benzene rings is 1. The zero-order valence-electron chi connectivity index (χ0n) is 17.0. The largest absolute Gasteiger partial charge is 0.484 e. The molecule has 0 aliphatic heterocycles. The number of aryl methyl sites for hydroxylation is 1. The summed E-state index contributed by atoms with van der Waals surface area (Å²) >= 11 is 1.56. The average molecular weight is 441 g/mol. The number of aromatic nitrogens is 2. The van der Waals surface area contributed by atoms with Crippen molar-refractivity contribution in [2.45, 2.75) is 38.1 Å². The average Bonchev–Trinajstić information content (AvgIpc) is 3.23. The number of ether oxygens (including phenoxy) is 1. The lowest BCUT2D eigenvalue weighted by Gasteiger charge is -2.08. The maximum Gasteiger partial charge on any atom is 0.258 e. The fourth-order valence-electron chi connectivity index (χ4n) is 2.91. The molecule has 9 heteroatoms. The lowest BCUT2D eigenvalue weighted by atomic mass is 10.1. The summed E-state index contributed by atoms with van der Waals surface area (Å²) in [5, 5.41) is 17.7. The van der Waals surface area contributed by atoms with Crippen molar-refractivity contribution in [3.05, 3.63) is 52.5 Å². The topological polar surface area (TPSA) is 106 Å². The second kappa shape index (κ2) is 10.2. The summed E-state index contributed by atoms with van der Waals surface area (Å²) in [6.07, 6.45) is 3.52. The van der Waals surface area contributed by atoms with Gasteiger partial charge in [0.2, 0.25) is 17.7 Å². The lowest BCUT2D eigenvalue weighted by Crippen LogP contribution is -2.30. The van der Waals surface area contributed by atoms with E-state index in [-0.39, 0.29) is 18.4 Å². The highest BCUT2D eigenvalue weighted by molar-refractivity contribution is 7.08. The highest BCUT2D eigenvalue weighted by atomic mass is 32.1. The number of amides is 2. The van der Waals surface area contributed by atoms with E-state index in [0.29, 0.717) is 49.4 Å². The van der Waals surface area contributed by atoms with Gasteiger partial charge in [-0.3, -0.25) is 9.59 Å². The van der Waals surface area contributed by atoms with E-state index in [4.69, 9.17) is 9.15 Å². The molecule has 2 amide bonds. The minimum Gasteiger partial charge on any atom is -0.484 e. The fraction of sp³-hybridized carbons (Fsp3) is 0.364. The maximum absolute atomic E-state index is 12.1. The minimum atomic E-state index is -0.0856. The highest BCUT2D eigenvalue weighted by Gasteiger charge is 2.23. The van der Waals surface area contributed by atoms with Gasteiger partial charge in [-0.25, -0.2) is 0 Å². The van der Waals surface area contributed by atoms with E-state index in [0.717, 1.165) is 24.0 Å². The molecule has 1 saturated carbocycles. The number of carbonyl (C=O) groups excluding carboxylic acids is 2. The molecule has 3 aromatic rings. The van der Waals surface area contributed by atoms with E-state index in [1.54, 1.807) is 11.3 Å². The summed E-state index contributed by atoms with van der Waals surface area (Å²) < 4.78 is 11.1. The number of carbonyl (C=O) groups is 2. The van der Waals surface area contributed by atoms with Crippen molar-refractivity contribution in [1.29, 1.82) is 0 Å². The van der Waals surface area contributed by atoms with Gasteiger partial charge >= 0.3 is 0 Å². The van der Waals surface area contributed by atoms with Crippen molar-refractivity contribution in [3.63, 3.8) is 0 Å². The van der Waals surface area contributed by atoms with Crippen molar-refractivity contribution < 1.29 is 18.7 Å². The minimum absolute atomic E-state index is 0.0285. The van der Waals surface area contributed by atoms with Gasteiger partial charge in [0.25, 0.3) is 5.91 Å². The molecule has 1 aliphatic carbocycles. The molecule has 0 bridgehead atoms. The molecule has 0 spiro atoms. The standard InChI is InChI=1S/C22H24N4O4S/c27-19(7-8-21-25-26-22(30-21)16-10-12-31-14-16)23-11-9-15-1-5-18(6-2-15)29-13-20(28)24-17-3-4-17/h1-2,5-6,10,12,14,17H,3-4,7-9,11,13H2,(H,23,27)(H,24,28). The van der Waals surface area contributed by atoms with E-state index in [1.807, 2.05) is 41.1 Å². The number of hydrogen-bond donors (Lipinski definition) is 2. The second-order valence-electron chi connectivity index (χ2n) is 7.39. The Hall–Kier alpha value is -3.20. The Morgan fingerprint density at radius 2 is 1.94 bits per heavy atom. The van der Waals surface area contributed by atoms with Crippen LogP contribution in [-0.2, 0) is 22.4 Å². The van der Waals surface area contributed by atoms with Crippen LogP contribution < -0.4 is 15.4 Å².